The maximum absolute atomic E-state index is 2.46. The first-order valence-corrected chi connectivity index (χ1v) is 14.5. The standard InChI is InChI=1S/C40H26N2/c1-2-12-31(13-3-1)41-37-17-9-7-15-35(37)39-38(41)25-24-34-33-14-6-8-16-36(33)42(40(34)39)32-22-20-28(21-23-32)30-19-18-27-10-4-5-11-29(27)26-30/h1-26H. The molecule has 0 radical (unpaired) electrons. The van der Waals surface area contributed by atoms with Crippen LogP contribution in [-0.4, -0.2) is 9.13 Å². The fourth-order valence-electron chi connectivity index (χ4n) is 6.80. The zero-order valence-corrected chi connectivity index (χ0v) is 22.9. The predicted molar refractivity (Wildman–Crippen MR) is 178 cm³/mol. The van der Waals surface area contributed by atoms with Gasteiger partial charge in [0.15, 0.2) is 0 Å². The lowest BCUT2D eigenvalue weighted by molar-refractivity contribution is 1.17. The molecular weight excluding hydrogens is 508 g/mol. The Bertz CT molecular complexity index is 2440. The first-order valence-electron chi connectivity index (χ1n) is 14.5. The van der Waals surface area contributed by atoms with Gasteiger partial charge < -0.3 is 9.13 Å². The molecule has 0 aliphatic rings. The first kappa shape index (κ1) is 23.1. The van der Waals surface area contributed by atoms with Crippen molar-refractivity contribution in [3.8, 4) is 22.5 Å². The molecule has 0 aliphatic heterocycles. The summed E-state index contributed by atoms with van der Waals surface area (Å²) in [7, 11) is 0. The van der Waals surface area contributed by atoms with Crippen molar-refractivity contribution >= 4 is 54.4 Å². The van der Waals surface area contributed by atoms with Crippen LogP contribution in [0.2, 0.25) is 0 Å². The van der Waals surface area contributed by atoms with Crippen molar-refractivity contribution in [3.05, 3.63) is 158 Å². The molecule has 2 nitrogen and oxygen atoms in total. The number of nitrogens with zero attached hydrogens (tertiary/aromatic N) is 2. The lowest BCUT2D eigenvalue weighted by Crippen LogP contribution is -1.95. The summed E-state index contributed by atoms with van der Waals surface area (Å²) in [6.07, 6.45) is 0. The number of para-hydroxylation sites is 3. The third-order valence-corrected chi connectivity index (χ3v) is 8.69. The Balaban J connectivity index is 1.33. The second-order valence-corrected chi connectivity index (χ2v) is 11.0. The third kappa shape index (κ3) is 3.33. The average Bonchev–Trinajstić information content (AvgIpc) is 3.58. The molecule has 7 aromatic carbocycles. The molecule has 0 saturated carbocycles. The molecule has 0 bridgehead atoms. The van der Waals surface area contributed by atoms with Crippen LogP contribution >= 0.6 is 0 Å². The Morgan fingerprint density at radius 3 is 1.76 bits per heavy atom. The molecule has 0 unspecified atom stereocenters. The molecule has 2 heteroatoms. The second kappa shape index (κ2) is 8.95. The molecule has 9 rings (SSSR count). The van der Waals surface area contributed by atoms with Crippen LogP contribution in [0.3, 0.4) is 0 Å². The van der Waals surface area contributed by atoms with Crippen LogP contribution in [-0.2, 0) is 0 Å². The topological polar surface area (TPSA) is 9.86 Å². The summed E-state index contributed by atoms with van der Waals surface area (Å²) in [5.41, 5.74) is 9.68. The van der Waals surface area contributed by atoms with Crippen LogP contribution in [0.25, 0.3) is 76.9 Å². The van der Waals surface area contributed by atoms with Crippen LogP contribution in [0, 0.1) is 0 Å². The second-order valence-electron chi connectivity index (χ2n) is 11.0. The highest BCUT2D eigenvalue weighted by atomic mass is 15.0. The van der Waals surface area contributed by atoms with Gasteiger partial charge in [-0.1, -0.05) is 109 Å². The average molecular weight is 535 g/mol. The minimum absolute atomic E-state index is 1.16. The molecule has 196 valence electrons. The van der Waals surface area contributed by atoms with E-state index in [1.807, 2.05) is 0 Å². The van der Waals surface area contributed by atoms with E-state index < -0.39 is 0 Å². The smallest absolute Gasteiger partial charge is 0.0641 e. The van der Waals surface area contributed by atoms with Gasteiger partial charge in [0, 0.05) is 32.9 Å². The molecule has 0 atom stereocenters. The van der Waals surface area contributed by atoms with Crippen LogP contribution in [0.5, 0.6) is 0 Å². The van der Waals surface area contributed by atoms with E-state index in [2.05, 4.69) is 167 Å². The van der Waals surface area contributed by atoms with Crippen LogP contribution < -0.4 is 0 Å². The van der Waals surface area contributed by atoms with E-state index >= 15 is 0 Å². The highest BCUT2D eigenvalue weighted by Crippen LogP contribution is 2.42. The van der Waals surface area contributed by atoms with E-state index in [4.69, 9.17) is 0 Å². The Morgan fingerprint density at radius 1 is 0.333 bits per heavy atom. The van der Waals surface area contributed by atoms with Crippen molar-refractivity contribution in [3.63, 3.8) is 0 Å². The lowest BCUT2D eigenvalue weighted by atomic mass is 10.0. The SMILES string of the molecule is c1ccc(-n2c3ccccc3c3c2ccc2c4ccccc4n(-c4ccc(-c5ccc6ccccc6c5)cc4)c23)cc1. The highest BCUT2D eigenvalue weighted by molar-refractivity contribution is 6.26. The van der Waals surface area contributed by atoms with Gasteiger partial charge in [0.2, 0.25) is 0 Å². The van der Waals surface area contributed by atoms with Crippen molar-refractivity contribution in [2.75, 3.05) is 0 Å². The highest BCUT2D eigenvalue weighted by Gasteiger charge is 2.20. The Labute approximate surface area is 243 Å². The number of aromatic nitrogens is 2. The van der Waals surface area contributed by atoms with Gasteiger partial charge in [-0.3, -0.25) is 0 Å². The minimum Gasteiger partial charge on any atom is -0.309 e. The first-order chi connectivity index (χ1) is 20.8. The van der Waals surface area contributed by atoms with Crippen molar-refractivity contribution < 1.29 is 0 Å². The van der Waals surface area contributed by atoms with Crippen molar-refractivity contribution in [2.24, 2.45) is 0 Å². The van der Waals surface area contributed by atoms with Crippen LogP contribution in [0.1, 0.15) is 0 Å². The zero-order chi connectivity index (χ0) is 27.6. The molecule has 0 aliphatic carbocycles. The van der Waals surface area contributed by atoms with Gasteiger partial charge in [0.1, 0.15) is 0 Å². The minimum atomic E-state index is 1.16. The zero-order valence-electron chi connectivity index (χ0n) is 22.9. The van der Waals surface area contributed by atoms with Crippen LogP contribution in [0.15, 0.2) is 158 Å². The summed E-state index contributed by atoms with van der Waals surface area (Å²) in [5.74, 6) is 0. The lowest BCUT2D eigenvalue weighted by Gasteiger charge is -2.11. The van der Waals surface area contributed by atoms with Crippen molar-refractivity contribution in [1.29, 1.82) is 0 Å². The quantitative estimate of drug-likeness (QED) is 0.213. The Kier molecular flexibility index (Phi) is 4.93. The summed E-state index contributed by atoms with van der Waals surface area (Å²) < 4.78 is 4.86. The largest absolute Gasteiger partial charge is 0.309 e. The third-order valence-electron chi connectivity index (χ3n) is 8.69. The Morgan fingerprint density at radius 2 is 0.952 bits per heavy atom. The maximum atomic E-state index is 2.46. The molecule has 42 heavy (non-hydrogen) atoms. The summed E-state index contributed by atoms with van der Waals surface area (Å²) in [6.45, 7) is 0. The molecule has 0 fully saturated rings. The number of hydrogen-bond donors (Lipinski definition) is 0. The summed E-state index contributed by atoms with van der Waals surface area (Å²) in [4.78, 5) is 0. The molecule has 0 saturated heterocycles. The normalized spacial score (nSPS) is 11.8. The fourth-order valence-corrected chi connectivity index (χ4v) is 6.80. The van der Waals surface area contributed by atoms with E-state index in [-0.39, 0.29) is 0 Å². The summed E-state index contributed by atoms with van der Waals surface area (Å²) >= 11 is 0. The van der Waals surface area contributed by atoms with Gasteiger partial charge in [0.25, 0.3) is 0 Å². The van der Waals surface area contributed by atoms with Gasteiger partial charge >= 0.3 is 0 Å². The van der Waals surface area contributed by atoms with E-state index in [1.54, 1.807) is 0 Å². The molecular formula is C40H26N2. The Hall–Kier alpha value is -5.60. The number of hydrogen-bond acceptors (Lipinski definition) is 0. The van der Waals surface area contributed by atoms with Crippen LogP contribution in [0.4, 0.5) is 0 Å². The molecule has 0 N–H and O–H groups in total. The van der Waals surface area contributed by atoms with Gasteiger partial charge in [-0.15, -0.1) is 0 Å². The van der Waals surface area contributed by atoms with Gasteiger partial charge in [-0.25, -0.2) is 0 Å². The van der Waals surface area contributed by atoms with Crippen molar-refractivity contribution in [2.45, 2.75) is 0 Å². The number of fused-ring (bicyclic) bond motifs is 8. The molecule has 2 heterocycles. The predicted octanol–water partition coefficient (Wildman–Crippen LogP) is 10.7. The van der Waals surface area contributed by atoms with Gasteiger partial charge in [-0.05, 0) is 70.4 Å². The van der Waals surface area contributed by atoms with E-state index in [0.29, 0.717) is 0 Å². The number of benzene rings is 7. The molecule has 2 aromatic heterocycles. The monoisotopic (exact) mass is 534 g/mol. The number of rotatable bonds is 3. The fraction of sp³-hybridized carbons (Fsp3) is 0. The van der Waals surface area contributed by atoms with E-state index in [9.17, 15) is 0 Å². The van der Waals surface area contributed by atoms with E-state index in [0.717, 1.165) is 5.69 Å². The molecule has 0 amide bonds. The molecule has 0 spiro atoms. The summed E-state index contributed by atoms with van der Waals surface area (Å²) in [5, 5.41) is 7.61. The molecule has 9 aromatic rings. The van der Waals surface area contributed by atoms with E-state index in [1.165, 1.54) is 71.2 Å². The summed E-state index contributed by atoms with van der Waals surface area (Å²) in [6, 6.07) is 57.2. The van der Waals surface area contributed by atoms with Gasteiger partial charge in [0.05, 0.1) is 22.1 Å². The van der Waals surface area contributed by atoms with Gasteiger partial charge in [-0.2, -0.15) is 0 Å². The maximum Gasteiger partial charge on any atom is 0.0641 e. The van der Waals surface area contributed by atoms with Crippen molar-refractivity contribution in [1.82, 2.24) is 9.13 Å².